The average Bonchev–Trinajstić information content (AvgIpc) is 2.68. The van der Waals surface area contributed by atoms with E-state index in [0.717, 1.165) is 30.7 Å². The van der Waals surface area contributed by atoms with Crippen molar-refractivity contribution >= 4 is 27.5 Å². The highest BCUT2D eigenvalue weighted by molar-refractivity contribution is 6.07. The summed E-state index contributed by atoms with van der Waals surface area (Å²) in [5.74, 6) is 0. The Labute approximate surface area is 149 Å². The van der Waals surface area contributed by atoms with Gasteiger partial charge in [0.2, 0.25) is 0 Å². The Balaban J connectivity index is 1.44. The Morgan fingerprint density at radius 1 is 0.880 bits per heavy atom. The number of hydrogen-bond donors (Lipinski definition) is 2. The number of rotatable bonds is 6. The van der Waals surface area contributed by atoms with Crippen molar-refractivity contribution in [1.29, 1.82) is 0 Å². The Kier molecular flexibility index (Phi) is 5.09. The van der Waals surface area contributed by atoms with Crippen molar-refractivity contribution in [2.75, 3.05) is 44.6 Å². The first-order chi connectivity index (χ1) is 12.4. The number of aromatic nitrogens is 1. The molecule has 4 rings (SSSR count). The van der Waals surface area contributed by atoms with Crippen LogP contribution in [-0.4, -0.2) is 49.2 Å². The summed E-state index contributed by atoms with van der Waals surface area (Å²) in [6.07, 6.45) is 2.43. The number of pyridine rings is 1. The van der Waals surface area contributed by atoms with E-state index in [1.54, 1.807) is 0 Å². The average molecular weight is 334 g/mol. The van der Waals surface area contributed by atoms with E-state index in [4.69, 9.17) is 4.98 Å². The molecule has 1 aromatic heterocycles. The maximum Gasteiger partial charge on any atom is 0.0730 e. The summed E-state index contributed by atoms with van der Waals surface area (Å²) in [5, 5.41) is 9.53. The molecule has 4 nitrogen and oxygen atoms in total. The summed E-state index contributed by atoms with van der Waals surface area (Å²) in [5.41, 5.74) is 3.34. The first-order valence-corrected chi connectivity index (χ1v) is 9.36. The molecule has 4 heteroatoms. The van der Waals surface area contributed by atoms with Crippen LogP contribution in [0.3, 0.4) is 0 Å². The SMILES string of the molecule is c1ccc2c(NCCCCN3CCNCC3)c3ccccc3nc2c1. The smallest absolute Gasteiger partial charge is 0.0730 e. The summed E-state index contributed by atoms with van der Waals surface area (Å²) in [6.45, 7) is 6.85. The molecule has 0 radical (unpaired) electrons. The number of hydrogen-bond acceptors (Lipinski definition) is 4. The van der Waals surface area contributed by atoms with Crippen LogP contribution in [0.1, 0.15) is 12.8 Å². The van der Waals surface area contributed by atoms with Gasteiger partial charge in [0.1, 0.15) is 0 Å². The van der Waals surface area contributed by atoms with E-state index in [2.05, 4.69) is 64.1 Å². The maximum absolute atomic E-state index is 4.79. The molecule has 1 fully saturated rings. The molecule has 1 aliphatic heterocycles. The number of fused-ring (bicyclic) bond motifs is 2. The van der Waals surface area contributed by atoms with Gasteiger partial charge in [0.25, 0.3) is 0 Å². The largest absolute Gasteiger partial charge is 0.384 e. The minimum absolute atomic E-state index is 1.00. The third-order valence-corrected chi connectivity index (χ3v) is 5.00. The van der Waals surface area contributed by atoms with Gasteiger partial charge in [-0.2, -0.15) is 0 Å². The van der Waals surface area contributed by atoms with Gasteiger partial charge in [-0.15, -0.1) is 0 Å². The first-order valence-electron chi connectivity index (χ1n) is 9.36. The molecule has 3 aromatic rings. The molecule has 2 heterocycles. The highest BCUT2D eigenvalue weighted by Crippen LogP contribution is 2.30. The number of benzene rings is 2. The van der Waals surface area contributed by atoms with Crippen LogP contribution >= 0.6 is 0 Å². The lowest BCUT2D eigenvalue weighted by Gasteiger charge is -2.27. The molecule has 0 aliphatic carbocycles. The van der Waals surface area contributed by atoms with Crippen LogP contribution in [0.5, 0.6) is 0 Å². The third kappa shape index (κ3) is 3.75. The molecule has 1 aliphatic rings. The van der Waals surface area contributed by atoms with Gasteiger partial charge in [0.05, 0.1) is 16.7 Å². The minimum Gasteiger partial charge on any atom is -0.384 e. The summed E-state index contributed by atoms with van der Waals surface area (Å²) in [6, 6.07) is 16.8. The monoisotopic (exact) mass is 334 g/mol. The highest BCUT2D eigenvalue weighted by Gasteiger charge is 2.10. The fraction of sp³-hybridized carbons (Fsp3) is 0.381. The fourth-order valence-corrected chi connectivity index (χ4v) is 3.64. The lowest BCUT2D eigenvalue weighted by atomic mass is 10.1. The number of para-hydroxylation sites is 2. The number of anilines is 1. The molecule has 0 unspecified atom stereocenters. The van der Waals surface area contributed by atoms with E-state index >= 15 is 0 Å². The predicted octanol–water partition coefficient (Wildman–Crippen LogP) is 3.49. The van der Waals surface area contributed by atoms with E-state index in [9.17, 15) is 0 Å². The van der Waals surface area contributed by atoms with Gasteiger partial charge in [-0.1, -0.05) is 36.4 Å². The summed E-state index contributed by atoms with van der Waals surface area (Å²) in [4.78, 5) is 7.35. The van der Waals surface area contributed by atoms with Crippen molar-refractivity contribution in [2.45, 2.75) is 12.8 Å². The zero-order valence-electron chi connectivity index (χ0n) is 14.7. The summed E-state index contributed by atoms with van der Waals surface area (Å²) in [7, 11) is 0. The van der Waals surface area contributed by atoms with Gasteiger partial charge >= 0.3 is 0 Å². The van der Waals surface area contributed by atoms with Gasteiger partial charge in [0, 0.05) is 43.5 Å². The topological polar surface area (TPSA) is 40.2 Å². The summed E-state index contributed by atoms with van der Waals surface area (Å²) < 4.78 is 0. The van der Waals surface area contributed by atoms with Crippen LogP contribution in [0.15, 0.2) is 48.5 Å². The number of nitrogens with zero attached hydrogens (tertiary/aromatic N) is 2. The van der Waals surface area contributed by atoms with E-state index in [1.165, 1.54) is 48.9 Å². The Morgan fingerprint density at radius 2 is 1.52 bits per heavy atom. The van der Waals surface area contributed by atoms with Crippen LogP contribution in [0, 0.1) is 0 Å². The van der Waals surface area contributed by atoms with Gasteiger partial charge < -0.3 is 15.5 Å². The second-order valence-electron chi connectivity index (χ2n) is 6.75. The fourth-order valence-electron chi connectivity index (χ4n) is 3.64. The Hall–Kier alpha value is -2.17. The van der Waals surface area contributed by atoms with Crippen LogP contribution in [-0.2, 0) is 0 Å². The molecule has 0 saturated carbocycles. The zero-order valence-corrected chi connectivity index (χ0v) is 14.7. The van der Waals surface area contributed by atoms with E-state index in [-0.39, 0.29) is 0 Å². The second kappa shape index (κ2) is 7.81. The van der Waals surface area contributed by atoms with Gasteiger partial charge in [-0.25, -0.2) is 4.98 Å². The third-order valence-electron chi connectivity index (χ3n) is 5.00. The molecule has 0 atom stereocenters. The minimum atomic E-state index is 1.00. The van der Waals surface area contributed by atoms with Crippen molar-refractivity contribution in [3.8, 4) is 0 Å². The van der Waals surface area contributed by atoms with Crippen molar-refractivity contribution in [1.82, 2.24) is 15.2 Å². The van der Waals surface area contributed by atoms with Crippen LogP contribution in [0.2, 0.25) is 0 Å². The molecular formula is C21H26N4. The number of piperazine rings is 1. The molecule has 130 valence electrons. The zero-order chi connectivity index (χ0) is 16.9. The molecule has 2 aromatic carbocycles. The van der Waals surface area contributed by atoms with E-state index in [1.807, 2.05) is 0 Å². The Bertz CT molecular complexity index is 786. The number of unbranched alkanes of at least 4 members (excludes halogenated alkanes) is 1. The van der Waals surface area contributed by atoms with Crippen LogP contribution in [0.4, 0.5) is 5.69 Å². The van der Waals surface area contributed by atoms with Crippen LogP contribution < -0.4 is 10.6 Å². The van der Waals surface area contributed by atoms with Gasteiger partial charge in [-0.05, 0) is 31.5 Å². The predicted molar refractivity (Wildman–Crippen MR) is 106 cm³/mol. The molecule has 1 saturated heterocycles. The molecule has 0 spiro atoms. The second-order valence-corrected chi connectivity index (χ2v) is 6.75. The van der Waals surface area contributed by atoms with E-state index < -0.39 is 0 Å². The molecule has 25 heavy (non-hydrogen) atoms. The standard InChI is InChI=1S/C21H26N4/c1-3-9-19-17(7-1)21(18-8-2-4-10-20(18)24-19)23-11-5-6-14-25-15-12-22-13-16-25/h1-4,7-10,22H,5-6,11-16H2,(H,23,24). The van der Waals surface area contributed by atoms with Crippen molar-refractivity contribution in [3.05, 3.63) is 48.5 Å². The van der Waals surface area contributed by atoms with Gasteiger partial charge in [-0.3, -0.25) is 0 Å². The van der Waals surface area contributed by atoms with Crippen molar-refractivity contribution < 1.29 is 0 Å². The molecular weight excluding hydrogens is 308 g/mol. The number of nitrogens with one attached hydrogen (secondary N) is 2. The highest BCUT2D eigenvalue weighted by atomic mass is 15.2. The first kappa shape index (κ1) is 16.3. The lowest BCUT2D eigenvalue weighted by molar-refractivity contribution is 0.237. The summed E-state index contributed by atoms with van der Waals surface area (Å²) >= 11 is 0. The normalized spacial score (nSPS) is 15.7. The van der Waals surface area contributed by atoms with E-state index in [0.29, 0.717) is 0 Å². The molecule has 2 N–H and O–H groups in total. The van der Waals surface area contributed by atoms with Crippen molar-refractivity contribution in [2.24, 2.45) is 0 Å². The Morgan fingerprint density at radius 3 is 2.20 bits per heavy atom. The maximum atomic E-state index is 4.79. The van der Waals surface area contributed by atoms with Crippen LogP contribution in [0.25, 0.3) is 21.8 Å². The lowest BCUT2D eigenvalue weighted by Crippen LogP contribution is -2.43. The van der Waals surface area contributed by atoms with Gasteiger partial charge in [0.15, 0.2) is 0 Å². The molecule has 0 bridgehead atoms. The van der Waals surface area contributed by atoms with Crippen molar-refractivity contribution in [3.63, 3.8) is 0 Å². The molecule has 0 amide bonds. The quantitative estimate of drug-likeness (QED) is 0.535.